The second kappa shape index (κ2) is 4.57. The molecule has 6 nitrogen and oxygen atoms in total. The van der Waals surface area contributed by atoms with E-state index in [0.29, 0.717) is 6.42 Å². The van der Waals surface area contributed by atoms with Gasteiger partial charge in [-0.3, -0.25) is 24.6 Å². The van der Waals surface area contributed by atoms with Crippen LogP contribution in [0.25, 0.3) is 0 Å². The van der Waals surface area contributed by atoms with Crippen molar-refractivity contribution in [1.82, 2.24) is 5.32 Å². The van der Waals surface area contributed by atoms with Crippen molar-refractivity contribution in [3.63, 3.8) is 0 Å². The van der Waals surface area contributed by atoms with E-state index in [1.54, 1.807) is 4.90 Å². The predicted octanol–water partition coefficient (Wildman–Crippen LogP) is 0.936. The normalized spacial score (nSPS) is 24.7. The van der Waals surface area contributed by atoms with Crippen molar-refractivity contribution in [3.8, 4) is 0 Å². The molecule has 0 bridgehead atoms. The molecule has 6 heteroatoms. The number of amides is 3. The maximum atomic E-state index is 13.0. The number of hydrogen-bond acceptors (Lipinski definition) is 4. The van der Waals surface area contributed by atoms with Gasteiger partial charge in [-0.15, -0.1) is 0 Å². The minimum absolute atomic E-state index is 0.0119. The standard InChI is InChI=1S/C17H19N3O3/c1-19(2)10-3-4-12-11(9-10)17(7-8-17)16(23)20(12)13-5-6-14(21)18-15(13)22/h3-4,9,13H,5-8H2,1-2H3,(H,18,21,22). The second-order valence-corrected chi connectivity index (χ2v) is 6.82. The van der Waals surface area contributed by atoms with E-state index in [0.717, 1.165) is 29.8 Å². The molecule has 2 heterocycles. The Morgan fingerprint density at radius 3 is 2.57 bits per heavy atom. The van der Waals surface area contributed by atoms with E-state index >= 15 is 0 Å². The first kappa shape index (κ1) is 14.2. The number of hydrogen-bond donors (Lipinski definition) is 1. The highest BCUT2D eigenvalue weighted by Gasteiger charge is 2.61. The third kappa shape index (κ3) is 1.90. The predicted molar refractivity (Wildman–Crippen MR) is 85.3 cm³/mol. The van der Waals surface area contributed by atoms with Gasteiger partial charge in [0, 0.05) is 31.9 Å². The van der Waals surface area contributed by atoms with Gasteiger partial charge in [-0.2, -0.15) is 0 Å². The number of imide groups is 1. The van der Waals surface area contributed by atoms with Crippen LogP contribution in [0, 0.1) is 0 Å². The second-order valence-electron chi connectivity index (χ2n) is 6.82. The first-order chi connectivity index (χ1) is 10.9. The molecule has 2 fully saturated rings. The van der Waals surface area contributed by atoms with Crippen LogP contribution in [0.3, 0.4) is 0 Å². The van der Waals surface area contributed by atoms with Crippen molar-refractivity contribution in [3.05, 3.63) is 23.8 Å². The van der Waals surface area contributed by atoms with Crippen LogP contribution in [0.2, 0.25) is 0 Å². The van der Waals surface area contributed by atoms with Crippen molar-refractivity contribution in [1.29, 1.82) is 0 Å². The zero-order chi connectivity index (χ0) is 16.4. The monoisotopic (exact) mass is 313 g/mol. The minimum Gasteiger partial charge on any atom is -0.378 e. The van der Waals surface area contributed by atoms with E-state index in [1.165, 1.54) is 0 Å². The zero-order valence-corrected chi connectivity index (χ0v) is 13.3. The molecule has 4 rings (SSSR count). The molecule has 2 aliphatic heterocycles. The lowest BCUT2D eigenvalue weighted by atomic mass is 9.97. The fourth-order valence-corrected chi connectivity index (χ4v) is 3.70. The Kier molecular flexibility index (Phi) is 2.83. The van der Waals surface area contributed by atoms with Crippen molar-refractivity contribution in [2.75, 3.05) is 23.9 Å². The molecule has 1 atom stereocenters. The molecule has 1 unspecified atom stereocenters. The number of benzene rings is 1. The zero-order valence-electron chi connectivity index (χ0n) is 13.3. The van der Waals surface area contributed by atoms with E-state index in [2.05, 4.69) is 11.4 Å². The molecule has 1 aromatic rings. The van der Waals surface area contributed by atoms with E-state index in [-0.39, 0.29) is 24.1 Å². The van der Waals surface area contributed by atoms with E-state index in [9.17, 15) is 14.4 Å². The summed E-state index contributed by atoms with van der Waals surface area (Å²) in [5.74, 6) is -0.616. The highest BCUT2D eigenvalue weighted by atomic mass is 16.2. The van der Waals surface area contributed by atoms with Crippen LogP contribution in [0.5, 0.6) is 0 Å². The quantitative estimate of drug-likeness (QED) is 0.825. The summed E-state index contributed by atoms with van der Waals surface area (Å²) in [4.78, 5) is 40.2. The summed E-state index contributed by atoms with van der Waals surface area (Å²) in [6.07, 6.45) is 2.33. The summed E-state index contributed by atoms with van der Waals surface area (Å²) in [6.45, 7) is 0. The molecular weight excluding hydrogens is 294 g/mol. The van der Waals surface area contributed by atoms with Gasteiger partial charge < -0.3 is 4.90 Å². The highest BCUT2D eigenvalue weighted by Crippen LogP contribution is 2.58. The topological polar surface area (TPSA) is 69.7 Å². The fraction of sp³-hybridized carbons (Fsp3) is 0.471. The fourth-order valence-electron chi connectivity index (χ4n) is 3.70. The van der Waals surface area contributed by atoms with Crippen molar-refractivity contribution in [2.45, 2.75) is 37.1 Å². The third-order valence-corrected chi connectivity index (χ3v) is 5.17. The lowest BCUT2D eigenvalue weighted by Crippen LogP contribution is -2.54. The molecule has 3 amide bonds. The van der Waals surface area contributed by atoms with Gasteiger partial charge in [-0.05, 0) is 43.0 Å². The average molecular weight is 313 g/mol. The Hall–Kier alpha value is -2.37. The molecule has 23 heavy (non-hydrogen) atoms. The molecular formula is C17H19N3O3. The van der Waals surface area contributed by atoms with Gasteiger partial charge in [0.25, 0.3) is 0 Å². The maximum absolute atomic E-state index is 13.0. The number of piperidine rings is 1. The molecule has 3 aliphatic rings. The Balaban J connectivity index is 1.78. The highest BCUT2D eigenvalue weighted by molar-refractivity contribution is 6.15. The van der Waals surface area contributed by atoms with Crippen LogP contribution in [0.1, 0.15) is 31.2 Å². The summed E-state index contributed by atoms with van der Waals surface area (Å²) < 4.78 is 0. The lowest BCUT2D eigenvalue weighted by molar-refractivity contribution is -0.135. The van der Waals surface area contributed by atoms with E-state index in [4.69, 9.17) is 0 Å². The molecule has 120 valence electrons. The number of fused-ring (bicyclic) bond motifs is 2. The Morgan fingerprint density at radius 1 is 1.22 bits per heavy atom. The Morgan fingerprint density at radius 2 is 1.96 bits per heavy atom. The number of carbonyl (C=O) groups is 3. The molecule has 1 saturated heterocycles. The van der Waals surface area contributed by atoms with Crippen LogP contribution in [0.15, 0.2) is 18.2 Å². The van der Waals surface area contributed by atoms with Crippen LogP contribution >= 0.6 is 0 Å². The van der Waals surface area contributed by atoms with Crippen LogP contribution in [-0.2, 0) is 19.8 Å². The number of nitrogens with zero attached hydrogens (tertiary/aromatic N) is 2. The van der Waals surface area contributed by atoms with Gasteiger partial charge in [-0.1, -0.05) is 0 Å². The number of carbonyl (C=O) groups excluding carboxylic acids is 3. The molecule has 1 aliphatic carbocycles. The minimum atomic E-state index is -0.580. The average Bonchev–Trinajstić information content (AvgIpc) is 3.27. The van der Waals surface area contributed by atoms with Gasteiger partial charge in [-0.25, -0.2) is 0 Å². The molecule has 0 aromatic heterocycles. The SMILES string of the molecule is CN(C)c1ccc2c(c1)C1(CC1)C(=O)N2C1CCC(=O)NC1=O. The summed E-state index contributed by atoms with van der Waals surface area (Å²) in [5.41, 5.74) is 2.46. The van der Waals surface area contributed by atoms with Gasteiger partial charge in [0.1, 0.15) is 6.04 Å². The third-order valence-electron chi connectivity index (χ3n) is 5.17. The Labute approximate surface area is 134 Å². The van der Waals surface area contributed by atoms with Crippen molar-refractivity contribution < 1.29 is 14.4 Å². The molecule has 1 N–H and O–H groups in total. The summed E-state index contributed by atoms with van der Waals surface area (Å²) in [5, 5.41) is 2.36. The van der Waals surface area contributed by atoms with Crippen LogP contribution < -0.4 is 15.1 Å². The van der Waals surface area contributed by atoms with Gasteiger partial charge in [0.05, 0.1) is 5.41 Å². The molecule has 1 spiro atoms. The largest absolute Gasteiger partial charge is 0.378 e. The molecule has 1 saturated carbocycles. The van der Waals surface area contributed by atoms with E-state index in [1.807, 2.05) is 31.1 Å². The summed E-state index contributed by atoms with van der Waals surface area (Å²) in [7, 11) is 3.94. The summed E-state index contributed by atoms with van der Waals surface area (Å²) >= 11 is 0. The van der Waals surface area contributed by atoms with Gasteiger partial charge in [0.2, 0.25) is 17.7 Å². The number of anilines is 2. The summed E-state index contributed by atoms with van der Waals surface area (Å²) in [6, 6.07) is 5.38. The van der Waals surface area contributed by atoms with Gasteiger partial charge >= 0.3 is 0 Å². The van der Waals surface area contributed by atoms with Crippen LogP contribution in [-0.4, -0.2) is 37.9 Å². The molecule has 0 radical (unpaired) electrons. The Bertz CT molecular complexity index is 737. The number of rotatable bonds is 2. The van der Waals surface area contributed by atoms with Gasteiger partial charge in [0.15, 0.2) is 0 Å². The first-order valence-electron chi connectivity index (χ1n) is 7.93. The molecule has 1 aromatic carbocycles. The van der Waals surface area contributed by atoms with E-state index < -0.39 is 11.5 Å². The van der Waals surface area contributed by atoms with Crippen molar-refractivity contribution >= 4 is 29.1 Å². The first-order valence-corrected chi connectivity index (χ1v) is 7.93. The lowest BCUT2D eigenvalue weighted by Gasteiger charge is -2.30. The smallest absolute Gasteiger partial charge is 0.249 e. The van der Waals surface area contributed by atoms with Crippen LogP contribution in [0.4, 0.5) is 11.4 Å². The maximum Gasteiger partial charge on any atom is 0.249 e. The van der Waals surface area contributed by atoms with Crippen molar-refractivity contribution in [2.24, 2.45) is 0 Å². The number of nitrogens with one attached hydrogen (secondary N) is 1.